The SMILES string of the molecule is C=C(C#N)CCCC.C=CC(=O)O.C=CC=C.C=CC=C. The average molecular weight is 289 g/mol. The van der Waals surface area contributed by atoms with Crippen LogP contribution in [0.25, 0.3) is 0 Å². The number of unbranched alkanes of at least 4 members (excludes halogenated alkanes) is 1. The van der Waals surface area contributed by atoms with Crippen molar-refractivity contribution in [3.63, 3.8) is 0 Å². The van der Waals surface area contributed by atoms with Gasteiger partial charge in [0.15, 0.2) is 0 Å². The molecule has 0 atom stereocenters. The van der Waals surface area contributed by atoms with Crippen LogP contribution in [0.5, 0.6) is 0 Å². The number of nitriles is 1. The second kappa shape index (κ2) is 30.4. The summed E-state index contributed by atoms with van der Waals surface area (Å²) in [4.78, 5) is 9.25. The lowest BCUT2D eigenvalue weighted by molar-refractivity contribution is -0.131. The predicted molar refractivity (Wildman–Crippen MR) is 92.9 cm³/mol. The van der Waals surface area contributed by atoms with E-state index in [4.69, 9.17) is 10.4 Å². The molecule has 3 nitrogen and oxygen atoms in total. The number of hydrogen-bond donors (Lipinski definition) is 1. The quantitative estimate of drug-likeness (QED) is 0.413. The lowest BCUT2D eigenvalue weighted by atomic mass is 10.1. The highest BCUT2D eigenvalue weighted by atomic mass is 16.4. The first kappa shape index (κ1) is 26.9. The van der Waals surface area contributed by atoms with Crippen molar-refractivity contribution in [2.24, 2.45) is 0 Å². The highest BCUT2D eigenvalue weighted by Gasteiger charge is 1.87. The van der Waals surface area contributed by atoms with Crippen molar-refractivity contribution in [1.29, 1.82) is 5.26 Å². The van der Waals surface area contributed by atoms with Gasteiger partial charge < -0.3 is 5.11 Å². The monoisotopic (exact) mass is 289 g/mol. The standard InChI is InChI=1S/C7H11N.2C4H6.C3H4O2/c1-3-4-5-7(2)6-8;2*1-3-4-2;1-2-3(4)5/h2-5H2,1H3;2*3-4H,1-2H2;2H,1H2,(H,4,5). The summed E-state index contributed by atoms with van der Waals surface area (Å²) in [5.74, 6) is -0.981. The van der Waals surface area contributed by atoms with Gasteiger partial charge in [-0.15, -0.1) is 0 Å². The fourth-order valence-corrected chi connectivity index (χ4v) is 0.446. The summed E-state index contributed by atoms with van der Waals surface area (Å²) >= 11 is 0. The second-order valence-electron chi connectivity index (χ2n) is 3.30. The topological polar surface area (TPSA) is 61.1 Å². The molecule has 116 valence electrons. The van der Waals surface area contributed by atoms with E-state index in [-0.39, 0.29) is 0 Å². The molecular weight excluding hydrogens is 262 g/mol. The highest BCUT2D eigenvalue weighted by Crippen LogP contribution is 2.01. The van der Waals surface area contributed by atoms with Crippen molar-refractivity contribution in [2.75, 3.05) is 0 Å². The smallest absolute Gasteiger partial charge is 0.327 e. The molecule has 0 saturated carbocycles. The minimum absolute atomic E-state index is 0.701. The van der Waals surface area contributed by atoms with Gasteiger partial charge in [0.1, 0.15) is 0 Å². The molecule has 0 amide bonds. The molecule has 0 aromatic carbocycles. The first-order chi connectivity index (χ1) is 9.91. The maximum Gasteiger partial charge on any atom is 0.327 e. The van der Waals surface area contributed by atoms with Gasteiger partial charge in [-0.2, -0.15) is 5.26 Å². The van der Waals surface area contributed by atoms with E-state index in [0.29, 0.717) is 5.57 Å². The van der Waals surface area contributed by atoms with Crippen molar-refractivity contribution >= 4 is 5.97 Å². The molecule has 3 heteroatoms. The number of carbonyl (C=O) groups is 1. The van der Waals surface area contributed by atoms with Crippen molar-refractivity contribution in [1.82, 2.24) is 0 Å². The third-order valence-electron chi connectivity index (χ3n) is 1.50. The summed E-state index contributed by atoms with van der Waals surface area (Å²) in [5, 5.41) is 15.8. The third kappa shape index (κ3) is 75.4. The van der Waals surface area contributed by atoms with E-state index in [2.05, 4.69) is 46.4 Å². The van der Waals surface area contributed by atoms with Gasteiger partial charge in [0.05, 0.1) is 6.07 Å². The fourth-order valence-electron chi connectivity index (χ4n) is 0.446. The van der Waals surface area contributed by atoms with Crippen LogP contribution in [0.4, 0.5) is 0 Å². The first-order valence-electron chi connectivity index (χ1n) is 6.31. The van der Waals surface area contributed by atoms with Crippen LogP contribution in [-0.2, 0) is 4.79 Å². The number of hydrogen-bond acceptors (Lipinski definition) is 2. The number of carboxylic acid groups (broad SMARTS) is 1. The molecule has 0 aliphatic carbocycles. The Labute approximate surface area is 129 Å². The van der Waals surface area contributed by atoms with Crippen LogP contribution in [0, 0.1) is 11.3 Å². The van der Waals surface area contributed by atoms with Crippen LogP contribution >= 0.6 is 0 Å². The Morgan fingerprint density at radius 2 is 1.43 bits per heavy atom. The molecule has 0 heterocycles. The molecule has 0 bridgehead atoms. The number of aliphatic carboxylic acids is 1. The van der Waals surface area contributed by atoms with Crippen molar-refractivity contribution < 1.29 is 9.90 Å². The number of carboxylic acids is 1. The Bertz CT molecular complexity index is 336. The van der Waals surface area contributed by atoms with E-state index >= 15 is 0 Å². The summed E-state index contributed by atoms with van der Waals surface area (Å²) in [7, 11) is 0. The van der Waals surface area contributed by atoms with Gasteiger partial charge in [0, 0.05) is 11.6 Å². The first-order valence-corrected chi connectivity index (χ1v) is 6.31. The predicted octanol–water partition coefficient (Wildman–Crippen LogP) is 5.23. The summed E-state index contributed by atoms with van der Waals surface area (Å²) in [5.41, 5.74) is 0.701. The number of rotatable bonds is 6. The van der Waals surface area contributed by atoms with Gasteiger partial charge in [-0.3, -0.25) is 0 Å². The zero-order valence-electron chi connectivity index (χ0n) is 13.1. The Hall–Kier alpha value is -2.60. The van der Waals surface area contributed by atoms with Gasteiger partial charge in [0.2, 0.25) is 0 Å². The molecule has 0 fully saturated rings. The summed E-state index contributed by atoms with van der Waals surface area (Å²) in [6, 6.07) is 2.01. The van der Waals surface area contributed by atoms with Crippen molar-refractivity contribution in [2.45, 2.75) is 26.2 Å². The van der Waals surface area contributed by atoms with E-state index in [9.17, 15) is 4.79 Å². The minimum atomic E-state index is -0.981. The molecule has 0 aromatic heterocycles. The summed E-state index contributed by atoms with van der Waals surface area (Å²) in [6.07, 6.45) is 10.5. The average Bonchev–Trinajstić information content (AvgIpc) is 2.53. The Balaban J connectivity index is -0.0000000970. The molecule has 0 spiro atoms. The molecule has 1 N–H and O–H groups in total. The zero-order valence-corrected chi connectivity index (χ0v) is 13.1. The normalized spacial score (nSPS) is 6.48. The maximum absolute atomic E-state index is 9.25. The van der Waals surface area contributed by atoms with Crippen LogP contribution in [0.15, 0.2) is 75.4 Å². The fraction of sp³-hybridized carbons (Fsp3) is 0.222. The van der Waals surface area contributed by atoms with Gasteiger partial charge in [-0.05, 0) is 12.8 Å². The van der Waals surface area contributed by atoms with E-state index < -0.39 is 5.97 Å². The lowest BCUT2D eigenvalue weighted by Crippen LogP contribution is -1.82. The van der Waals surface area contributed by atoms with Gasteiger partial charge in [-0.1, -0.05) is 77.1 Å². The maximum atomic E-state index is 9.25. The molecule has 0 radical (unpaired) electrons. The molecule has 0 saturated heterocycles. The van der Waals surface area contributed by atoms with E-state index in [0.717, 1.165) is 25.3 Å². The molecule has 0 rings (SSSR count). The zero-order chi connectivity index (χ0) is 17.5. The minimum Gasteiger partial charge on any atom is -0.478 e. The number of allylic oxidation sites excluding steroid dienone is 5. The Morgan fingerprint density at radius 1 is 1.10 bits per heavy atom. The number of nitrogens with zero attached hydrogens (tertiary/aromatic N) is 1. The largest absolute Gasteiger partial charge is 0.478 e. The van der Waals surface area contributed by atoms with Gasteiger partial charge in [0.25, 0.3) is 0 Å². The van der Waals surface area contributed by atoms with E-state index in [1.165, 1.54) is 0 Å². The highest BCUT2D eigenvalue weighted by molar-refractivity contribution is 5.78. The van der Waals surface area contributed by atoms with Crippen molar-refractivity contribution in [3.05, 3.63) is 75.4 Å². The Kier molecular flexibility index (Phi) is 38.9. The van der Waals surface area contributed by atoms with Crippen LogP contribution in [0.1, 0.15) is 26.2 Å². The van der Waals surface area contributed by atoms with Crippen LogP contribution < -0.4 is 0 Å². The van der Waals surface area contributed by atoms with E-state index in [1.807, 2.05) is 6.07 Å². The van der Waals surface area contributed by atoms with Crippen LogP contribution in [0.2, 0.25) is 0 Å². The molecule has 0 aliphatic rings. The molecule has 21 heavy (non-hydrogen) atoms. The molecule has 0 unspecified atom stereocenters. The van der Waals surface area contributed by atoms with Gasteiger partial charge in [-0.25, -0.2) is 4.79 Å². The summed E-state index contributed by atoms with van der Waals surface area (Å²) < 4.78 is 0. The van der Waals surface area contributed by atoms with Crippen LogP contribution in [-0.4, -0.2) is 11.1 Å². The Morgan fingerprint density at radius 3 is 1.57 bits per heavy atom. The van der Waals surface area contributed by atoms with Gasteiger partial charge >= 0.3 is 5.97 Å². The second-order valence-corrected chi connectivity index (χ2v) is 3.30. The lowest BCUT2D eigenvalue weighted by Gasteiger charge is -1.89. The van der Waals surface area contributed by atoms with Crippen molar-refractivity contribution in [3.8, 4) is 6.07 Å². The molecule has 0 aromatic rings. The summed E-state index contributed by atoms with van der Waals surface area (Å²) in [6.45, 7) is 22.1. The molecule has 0 aliphatic heterocycles. The molecular formula is C18H27NO2. The van der Waals surface area contributed by atoms with Crippen LogP contribution in [0.3, 0.4) is 0 Å². The van der Waals surface area contributed by atoms with E-state index in [1.54, 1.807) is 24.3 Å². The third-order valence-corrected chi connectivity index (χ3v) is 1.50.